The molecular weight excluding hydrogens is 242 g/mol. The Balaban J connectivity index is 2.89. The molecule has 3 N–H and O–H groups in total. The zero-order valence-electron chi connectivity index (χ0n) is 11.8. The fourth-order valence-corrected chi connectivity index (χ4v) is 2.17. The van der Waals surface area contributed by atoms with E-state index in [2.05, 4.69) is 4.74 Å². The minimum Gasteiger partial charge on any atom is -0.469 e. The van der Waals surface area contributed by atoms with Crippen LogP contribution in [0.5, 0.6) is 0 Å². The molecule has 0 aliphatic rings. The zero-order chi connectivity index (χ0) is 14.5. The van der Waals surface area contributed by atoms with Crippen LogP contribution in [0.25, 0.3) is 0 Å². The van der Waals surface area contributed by atoms with Gasteiger partial charge in [0.05, 0.1) is 19.1 Å². The molecular formula is C15H23NO3. The highest BCUT2D eigenvalue weighted by Gasteiger charge is 2.28. The molecule has 0 spiro atoms. The fraction of sp³-hybridized carbons (Fsp3) is 0.533. The van der Waals surface area contributed by atoms with Crippen LogP contribution >= 0.6 is 0 Å². The highest BCUT2D eigenvalue weighted by atomic mass is 16.5. The van der Waals surface area contributed by atoms with E-state index in [9.17, 15) is 9.90 Å². The number of benzene rings is 1. The van der Waals surface area contributed by atoms with Crippen molar-refractivity contribution in [2.24, 2.45) is 5.73 Å². The molecule has 0 aliphatic heterocycles. The molecule has 1 rings (SSSR count). The van der Waals surface area contributed by atoms with Crippen LogP contribution in [0.15, 0.2) is 30.3 Å². The Bertz CT molecular complexity index is 398. The predicted octanol–water partition coefficient (Wildman–Crippen LogP) is 1.82. The summed E-state index contributed by atoms with van der Waals surface area (Å²) >= 11 is 0. The minimum atomic E-state index is -0.839. The smallest absolute Gasteiger partial charge is 0.307 e. The van der Waals surface area contributed by atoms with E-state index in [0.717, 1.165) is 5.56 Å². The first kappa shape index (κ1) is 15.7. The number of nitrogens with two attached hydrogens (primary N) is 1. The third-order valence-corrected chi connectivity index (χ3v) is 3.09. The van der Waals surface area contributed by atoms with Crippen molar-refractivity contribution < 1.29 is 14.6 Å². The molecule has 0 amide bonds. The SMILES string of the molecule is COC(=O)C[C@@H](N)[C@H](CC(C)(C)O)c1ccccc1. The van der Waals surface area contributed by atoms with Crippen molar-refractivity contribution in [2.75, 3.05) is 7.11 Å². The highest BCUT2D eigenvalue weighted by molar-refractivity contribution is 5.70. The molecule has 1 aromatic carbocycles. The molecule has 0 saturated heterocycles. The van der Waals surface area contributed by atoms with Crippen molar-refractivity contribution in [1.82, 2.24) is 0 Å². The third-order valence-electron chi connectivity index (χ3n) is 3.09. The largest absolute Gasteiger partial charge is 0.469 e. The molecule has 0 unspecified atom stereocenters. The Morgan fingerprint density at radius 1 is 1.37 bits per heavy atom. The monoisotopic (exact) mass is 265 g/mol. The molecule has 2 atom stereocenters. The second-order valence-corrected chi connectivity index (χ2v) is 5.48. The van der Waals surface area contributed by atoms with Gasteiger partial charge in [-0.25, -0.2) is 0 Å². The number of rotatable bonds is 6. The summed E-state index contributed by atoms with van der Waals surface area (Å²) < 4.78 is 4.66. The van der Waals surface area contributed by atoms with E-state index in [1.54, 1.807) is 13.8 Å². The summed E-state index contributed by atoms with van der Waals surface area (Å²) in [6, 6.07) is 9.34. The van der Waals surface area contributed by atoms with E-state index >= 15 is 0 Å². The molecule has 4 nitrogen and oxygen atoms in total. The van der Waals surface area contributed by atoms with E-state index < -0.39 is 5.60 Å². The quantitative estimate of drug-likeness (QED) is 0.770. The van der Waals surface area contributed by atoms with Crippen LogP contribution in [0.1, 0.15) is 38.2 Å². The summed E-state index contributed by atoms with van der Waals surface area (Å²) in [6.07, 6.45) is 0.640. The summed E-state index contributed by atoms with van der Waals surface area (Å²) in [5.41, 5.74) is 6.31. The molecule has 106 valence electrons. The lowest BCUT2D eigenvalue weighted by Crippen LogP contribution is -2.36. The van der Waals surface area contributed by atoms with Gasteiger partial charge < -0.3 is 15.6 Å². The topological polar surface area (TPSA) is 72.5 Å². The Morgan fingerprint density at radius 3 is 2.42 bits per heavy atom. The van der Waals surface area contributed by atoms with E-state index in [1.807, 2.05) is 30.3 Å². The Labute approximate surface area is 114 Å². The molecule has 4 heteroatoms. The highest BCUT2D eigenvalue weighted by Crippen LogP contribution is 2.29. The standard InChI is InChI=1S/C15H23NO3/c1-15(2,18)10-12(11-7-5-4-6-8-11)13(16)9-14(17)19-3/h4-8,12-13,18H,9-10,16H2,1-3H3/t12-,13-/m1/s1. The van der Waals surface area contributed by atoms with Gasteiger partial charge in [-0.05, 0) is 25.8 Å². The van der Waals surface area contributed by atoms with Gasteiger partial charge in [0.1, 0.15) is 0 Å². The third kappa shape index (κ3) is 5.41. The molecule has 0 saturated carbocycles. The fourth-order valence-electron chi connectivity index (χ4n) is 2.17. The van der Waals surface area contributed by atoms with Crippen molar-refractivity contribution >= 4 is 5.97 Å². The minimum absolute atomic E-state index is 0.0831. The number of ether oxygens (including phenoxy) is 1. The van der Waals surface area contributed by atoms with Crippen molar-refractivity contribution in [3.63, 3.8) is 0 Å². The van der Waals surface area contributed by atoms with Gasteiger partial charge >= 0.3 is 5.97 Å². The van der Waals surface area contributed by atoms with Gasteiger partial charge in [0.25, 0.3) is 0 Å². The summed E-state index contributed by atoms with van der Waals surface area (Å²) in [4.78, 5) is 11.4. The Kier molecular flexibility index (Phi) is 5.51. The summed E-state index contributed by atoms with van der Waals surface area (Å²) in [7, 11) is 1.35. The van der Waals surface area contributed by atoms with E-state index in [-0.39, 0.29) is 24.3 Å². The van der Waals surface area contributed by atoms with Gasteiger partial charge in [0, 0.05) is 12.0 Å². The van der Waals surface area contributed by atoms with Crippen LogP contribution < -0.4 is 5.73 Å². The molecule has 0 fully saturated rings. The molecule has 0 bridgehead atoms. The summed E-state index contributed by atoms with van der Waals surface area (Å²) in [5, 5.41) is 10.0. The van der Waals surface area contributed by atoms with Crippen molar-refractivity contribution in [1.29, 1.82) is 0 Å². The van der Waals surface area contributed by atoms with Gasteiger partial charge in [-0.2, -0.15) is 0 Å². The lowest BCUT2D eigenvalue weighted by Gasteiger charge is -2.29. The van der Waals surface area contributed by atoms with Gasteiger partial charge in [0.2, 0.25) is 0 Å². The van der Waals surface area contributed by atoms with E-state index in [0.29, 0.717) is 6.42 Å². The first-order valence-electron chi connectivity index (χ1n) is 6.43. The number of methoxy groups -OCH3 is 1. The van der Waals surface area contributed by atoms with E-state index in [4.69, 9.17) is 5.73 Å². The molecule has 0 aliphatic carbocycles. The molecule has 19 heavy (non-hydrogen) atoms. The molecule has 1 aromatic rings. The van der Waals surface area contributed by atoms with Crippen molar-refractivity contribution in [3.05, 3.63) is 35.9 Å². The van der Waals surface area contributed by atoms with Crippen LogP contribution in [0.4, 0.5) is 0 Å². The zero-order valence-corrected chi connectivity index (χ0v) is 11.8. The number of carbonyl (C=O) groups excluding carboxylic acids is 1. The maximum atomic E-state index is 11.4. The van der Waals surface area contributed by atoms with Crippen LogP contribution in [0.3, 0.4) is 0 Å². The number of hydrogen-bond donors (Lipinski definition) is 2. The van der Waals surface area contributed by atoms with Gasteiger partial charge in [-0.1, -0.05) is 30.3 Å². The van der Waals surface area contributed by atoms with Crippen LogP contribution in [-0.4, -0.2) is 29.8 Å². The normalized spacial score (nSPS) is 14.8. The van der Waals surface area contributed by atoms with Gasteiger partial charge in [0.15, 0.2) is 0 Å². The van der Waals surface area contributed by atoms with Crippen molar-refractivity contribution in [2.45, 2.75) is 44.2 Å². The second kappa shape index (κ2) is 6.68. The molecule has 0 radical (unpaired) electrons. The maximum Gasteiger partial charge on any atom is 0.307 e. The lowest BCUT2D eigenvalue weighted by molar-refractivity contribution is -0.141. The van der Waals surface area contributed by atoms with Crippen LogP contribution in [0, 0.1) is 0 Å². The Morgan fingerprint density at radius 2 is 1.95 bits per heavy atom. The maximum absolute atomic E-state index is 11.4. The van der Waals surface area contributed by atoms with Gasteiger partial charge in [-0.15, -0.1) is 0 Å². The average molecular weight is 265 g/mol. The predicted molar refractivity (Wildman–Crippen MR) is 74.7 cm³/mol. The van der Waals surface area contributed by atoms with Crippen molar-refractivity contribution in [3.8, 4) is 0 Å². The van der Waals surface area contributed by atoms with Gasteiger partial charge in [-0.3, -0.25) is 4.79 Å². The van der Waals surface area contributed by atoms with Crippen LogP contribution in [-0.2, 0) is 9.53 Å². The number of carbonyl (C=O) groups is 1. The number of aliphatic hydroxyl groups is 1. The second-order valence-electron chi connectivity index (χ2n) is 5.48. The van der Waals surface area contributed by atoms with E-state index in [1.165, 1.54) is 7.11 Å². The lowest BCUT2D eigenvalue weighted by atomic mass is 9.82. The first-order valence-corrected chi connectivity index (χ1v) is 6.43. The molecule has 0 aromatic heterocycles. The summed E-state index contributed by atoms with van der Waals surface area (Å²) in [5.74, 6) is -0.413. The average Bonchev–Trinajstić information content (AvgIpc) is 2.35. The number of hydrogen-bond acceptors (Lipinski definition) is 4. The van der Waals surface area contributed by atoms with Crippen LogP contribution in [0.2, 0.25) is 0 Å². The number of esters is 1. The first-order chi connectivity index (χ1) is 8.83. The Hall–Kier alpha value is -1.39. The molecule has 0 heterocycles. The summed E-state index contributed by atoms with van der Waals surface area (Å²) in [6.45, 7) is 3.49.